The number of hydrogen-bond acceptors (Lipinski definition) is 1. The number of carbonyl (C=O) groups excluding carboxylic acids is 1. The fraction of sp³-hybridized carbons (Fsp3) is 0.857. The monoisotopic (exact) mass is 207 g/mol. The number of amides is 1. The minimum Gasteiger partial charge on any atom is -0.348 e. The number of nitrogens with zero attached hydrogens (tertiary/aromatic N) is 1. The Hall–Kier alpha value is -0.0500. The van der Waals surface area contributed by atoms with Gasteiger partial charge in [0, 0.05) is 14.1 Å². The van der Waals surface area contributed by atoms with Gasteiger partial charge in [-0.2, -0.15) is 0 Å². The first-order valence-electron chi connectivity index (χ1n) is 3.44. The minimum atomic E-state index is 0.00694. The summed E-state index contributed by atoms with van der Waals surface area (Å²) in [7, 11) is 3.54. The van der Waals surface area contributed by atoms with Crippen LogP contribution in [0.5, 0.6) is 0 Å². The summed E-state index contributed by atoms with van der Waals surface area (Å²) in [6, 6.07) is 0. The molecule has 10 heavy (non-hydrogen) atoms. The van der Waals surface area contributed by atoms with Gasteiger partial charge in [0.25, 0.3) is 0 Å². The summed E-state index contributed by atoms with van der Waals surface area (Å²) in [6.07, 6.45) is 1.95. The first kappa shape index (κ1) is 9.95. The van der Waals surface area contributed by atoms with Crippen LogP contribution < -0.4 is 0 Å². The molecule has 0 spiro atoms. The molecule has 0 fully saturated rings. The molecule has 0 radical (unpaired) electrons. The van der Waals surface area contributed by atoms with Crippen LogP contribution in [0.3, 0.4) is 0 Å². The van der Waals surface area contributed by atoms with Crippen LogP contribution in [0.4, 0.5) is 0 Å². The first-order chi connectivity index (χ1) is 4.59. The molecule has 0 aromatic heterocycles. The zero-order valence-corrected chi connectivity index (χ0v) is 8.31. The van der Waals surface area contributed by atoms with Crippen LogP contribution >= 0.6 is 15.9 Å². The van der Waals surface area contributed by atoms with Gasteiger partial charge in [-0.3, -0.25) is 4.79 Å². The zero-order valence-electron chi connectivity index (χ0n) is 6.72. The van der Waals surface area contributed by atoms with E-state index in [1.807, 2.05) is 0 Å². The Kier molecular flexibility index (Phi) is 4.69. The Balaban J connectivity index is 3.71. The van der Waals surface area contributed by atoms with Crippen molar-refractivity contribution in [1.82, 2.24) is 4.90 Å². The van der Waals surface area contributed by atoms with E-state index in [1.54, 1.807) is 19.0 Å². The van der Waals surface area contributed by atoms with Crippen LogP contribution in [0.2, 0.25) is 0 Å². The molecule has 1 atom stereocenters. The van der Waals surface area contributed by atoms with Crippen molar-refractivity contribution in [3.05, 3.63) is 0 Å². The van der Waals surface area contributed by atoms with Crippen LogP contribution in [0, 0.1) is 0 Å². The number of carbonyl (C=O) groups is 1. The van der Waals surface area contributed by atoms with Crippen LogP contribution in [0.15, 0.2) is 0 Å². The standard InChI is InChI=1S/C7H14BrNO/c1-4-5-6(8)7(10)9(2)3/h6H,4-5H2,1-3H3. The zero-order chi connectivity index (χ0) is 8.15. The summed E-state index contributed by atoms with van der Waals surface area (Å²) in [5, 5.41) is 0. The van der Waals surface area contributed by atoms with Gasteiger partial charge < -0.3 is 4.90 Å². The summed E-state index contributed by atoms with van der Waals surface area (Å²) in [4.78, 5) is 12.7. The van der Waals surface area contributed by atoms with Gasteiger partial charge in [0.1, 0.15) is 0 Å². The van der Waals surface area contributed by atoms with Crippen LogP contribution in [-0.2, 0) is 4.79 Å². The third-order valence-electron chi connectivity index (χ3n) is 1.25. The van der Waals surface area contributed by atoms with E-state index in [9.17, 15) is 4.79 Å². The van der Waals surface area contributed by atoms with Crippen LogP contribution in [-0.4, -0.2) is 29.7 Å². The highest BCUT2D eigenvalue weighted by atomic mass is 79.9. The molecule has 60 valence electrons. The van der Waals surface area contributed by atoms with E-state index in [0.29, 0.717) is 0 Å². The Morgan fingerprint density at radius 2 is 2.10 bits per heavy atom. The summed E-state index contributed by atoms with van der Waals surface area (Å²) in [5.41, 5.74) is 0. The maximum Gasteiger partial charge on any atom is 0.235 e. The van der Waals surface area contributed by atoms with Crippen molar-refractivity contribution in [2.24, 2.45) is 0 Å². The molecule has 0 heterocycles. The van der Waals surface area contributed by atoms with E-state index in [-0.39, 0.29) is 10.7 Å². The van der Waals surface area contributed by atoms with Crippen molar-refractivity contribution >= 4 is 21.8 Å². The lowest BCUT2D eigenvalue weighted by Gasteiger charge is -2.14. The molecule has 0 bridgehead atoms. The average Bonchev–Trinajstić information content (AvgIpc) is 1.87. The second-order valence-electron chi connectivity index (χ2n) is 2.49. The summed E-state index contributed by atoms with van der Waals surface area (Å²) in [5.74, 6) is 0.154. The van der Waals surface area contributed by atoms with Crippen molar-refractivity contribution in [2.75, 3.05) is 14.1 Å². The molecular formula is C7H14BrNO. The molecular weight excluding hydrogens is 194 g/mol. The first-order valence-corrected chi connectivity index (χ1v) is 4.36. The minimum absolute atomic E-state index is 0.00694. The molecule has 0 aliphatic carbocycles. The molecule has 0 saturated carbocycles. The number of halogens is 1. The lowest BCUT2D eigenvalue weighted by molar-refractivity contribution is -0.128. The average molecular weight is 208 g/mol. The van der Waals surface area contributed by atoms with Gasteiger partial charge in [0.15, 0.2) is 0 Å². The SMILES string of the molecule is CCCC(Br)C(=O)N(C)C. The van der Waals surface area contributed by atoms with Crippen molar-refractivity contribution in [2.45, 2.75) is 24.6 Å². The highest BCUT2D eigenvalue weighted by Crippen LogP contribution is 2.09. The van der Waals surface area contributed by atoms with E-state index in [2.05, 4.69) is 22.9 Å². The molecule has 0 aromatic carbocycles. The molecule has 0 aliphatic rings. The molecule has 0 saturated heterocycles. The van der Waals surface area contributed by atoms with E-state index in [4.69, 9.17) is 0 Å². The quantitative estimate of drug-likeness (QED) is 0.645. The van der Waals surface area contributed by atoms with Gasteiger partial charge >= 0.3 is 0 Å². The lowest BCUT2D eigenvalue weighted by Crippen LogP contribution is -2.29. The van der Waals surface area contributed by atoms with Crippen LogP contribution in [0.1, 0.15) is 19.8 Å². The van der Waals surface area contributed by atoms with Gasteiger partial charge in [-0.15, -0.1) is 0 Å². The molecule has 0 aromatic rings. The largest absolute Gasteiger partial charge is 0.348 e. The summed E-state index contributed by atoms with van der Waals surface area (Å²) in [6.45, 7) is 2.07. The normalized spacial score (nSPS) is 12.8. The fourth-order valence-electron chi connectivity index (χ4n) is 0.657. The highest BCUT2D eigenvalue weighted by molar-refractivity contribution is 9.10. The number of hydrogen-bond donors (Lipinski definition) is 0. The smallest absolute Gasteiger partial charge is 0.235 e. The van der Waals surface area contributed by atoms with Gasteiger partial charge in [-0.25, -0.2) is 0 Å². The molecule has 1 unspecified atom stereocenters. The fourth-order valence-corrected chi connectivity index (χ4v) is 1.52. The van der Waals surface area contributed by atoms with Crippen molar-refractivity contribution in [3.8, 4) is 0 Å². The molecule has 0 N–H and O–H groups in total. The summed E-state index contributed by atoms with van der Waals surface area (Å²) >= 11 is 3.31. The predicted octanol–water partition coefficient (Wildman–Crippen LogP) is 1.64. The number of rotatable bonds is 3. The second-order valence-corrected chi connectivity index (χ2v) is 3.59. The third-order valence-corrected chi connectivity index (χ3v) is 2.10. The molecule has 0 aliphatic heterocycles. The Labute approximate surface area is 70.7 Å². The van der Waals surface area contributed by atoms with Crippen molar-refractivity contribution < 1.29 is 4.79 Å². The molecule has 1 amide bonds. The van der Waals surface area contributed by atoms with Gasteiger partial charge in [-0.1, -0.05) is 29.3 Å². The number of alkyl halides is 1. The predicted molar refractivity (Wildman–Crippen MR) is 46.3 cm³/mol. The Morgan fingerprint density at radius 1 is 1.60 bits per heavy atom. The maximum atomic E-state index is 11.1. The van der Waals surface area contributed by atoms with Gasteiger partial charge in [0.05, 0.1) is 4.83 Å². The van der Waals surface area contributed by atoms with Crippen molar-refractivity contribution in [3.63, 3.8) is 0 Å². The molecule has 0 rings (SSSR count). The van der Waals surface area contributed by atoms with E-state index < -0.39 is 0 Å². The topological polar surface area (TPSA) is 20.3 Å². The lowest BCUT2D eigenvalue weighted by atomic mass is 10.2. The van der Waals surface area contributed by atoms with Crippen molar-refractivity contribution in [1.29, 1.82) is 0 Å². The second kappa shape index (κ2) is 4.72. The van der Waals surface area contributed by atoms with Gasteiger partial charge in [-0.05, 0) is 6.42 Å². The highest BCUT2D eigenvalue weighted by Gasteiger charge is 2.14. The van der Waals surface area contributed by atoms with Crippen LogP contribution in [0.25, 0.3) is 0 Å². The Morgan fingerprint density at radius 3 is 2.40 bits per heavy atom. The molecule has 2 nitrogen and oxygen atoms in total. The third kappa shape index (κ3) is 3.20. The Bertz CT molecular complexity index is 114. The van der Waals surface area contributed by atoms with Gasteiger partial charge in [0.2, 0.25) is 5.91 Å². The molecule has 3 heteroatoms. The summed E-state index contributed by atoms with van der Waals surface area (Å²) < 4.78 is 0. The van der Waals surface area contributed by atoms with E-state index >= 15 is 0 Å². The van der Waals surface area contributed by atoms with E-state index in [1.165, 1.54) is 0 Å². The maximum absolute atomic E-state index is 11.1. The van der Waals surface area contributed by atoms with E-state index in [0.717, 1.165) is 12.8 Å².